The van der Waals surface area contributed by atoms with Crippen molar-refractivity contribution in [3.05, 3.63) is 60.0 Å². The van der Waals surface area contributed by atoms with Gasteiger partial charge in [0.1, 0.15) is 11.5 Å². The van der Waals surface area contributed by atoms with Crippen molar-refractivity contribution in [2.75, 3.05) is 24.5 Å². The van der Waals surface area contributed by atoms with E-state index in [-0.39, 0.29) is 17.5 Å². The molecule has 0 saturated carbocycles. The minimum atomic E-state index is -4.52. The molecule has 2 atom stereocenters. The van der Waals surface area contributed by atoms with Gasteiger partial charge in [-0.1, -0.05) is 12.1 Å². The van der Waals surface area contributed by atoms with E-state index < -0.39 is 11.9 Å². The Hall–Kier alpha value is -3.23. The second-order valence-corrected chi connectivity index (χ2v) is 8.00. The highest BCUT2D eigenvalue weighted by Gasteiger charge is 2.41. The third kappa shape index (κ3) is 3.68. The number of benzene rings is 1. The smallest absolute Gasteiger partial charge is 0.353 e. The number of fused-ring (bicyclic) bond motifs is 2. The molecule has 0 bridgehead atoms. The number of piperidine rings is 1. The summed E-state index contributed by atoms with van der Waals surface area (Å²) in [6.07, 6.45) is 0.0679. The van der Waals surface area contributed by atoms with Gasteiger partial charge in [0.25, 0.3) is 5.91 Å². The summed E-state index contributed by atoms with van der Waals surface area (Å²) >= 11 is 0. The van der Waals surface area contributed by atoms with Crippen LogP contribution in [0.5, 0.6) is 0 Å². The second-order valence-electron chi connectivity index (χ2n) is 8.00. The third-order valence-corrected chi connectivity index (χ3v) is 6.18. The zero-order valence-electron chi connectivity index (χ0n) is 16.6. The van der Waals surface area contributed by atoms with Crippen LogP contribution in [0.3, 0.4) is 0 Å². The lowest BCUT2D eigenvalue weighted by molar-refractivity contribution is -0.141. The van der Waals surface area contributed by atoms with Crippen molar-refractivity contribution in [3.63, 3.8) is 0 Å². The lowest BCUT2D eigenvalue weighted by atomic mass is 9.92. The maximum atomic E-state index is 13.0. The summed E-state index contributed by atoms with van der Waals surface area (Å²) in [6, 6.07) is 9.72. The topological polar surface area (TPSA) is 62.2 Å². The Labute approximate surface area is 176 Å². The number of pyridine rings is 1. The fourth-order valence-electron chi connectivity index (χ4n) is 4.55. The van der Waals surface area contributed by atoms with Crippen LogP contribution < -0.4 is 4.90 Å². The monoisotopic (exact) mass is 427 g/mol. The molecule has 160 valence electrons. The maximum Gasteiger partial charge on any atom is 0.433 e. The summed E-state index contributed by atoms with van der Waals surface area (Å²) in [4.78, 5) is 29.6. The van der Waals surface area contributed by atoms with Crippen LogP contribution in [0.1, 0.15) is 28.9 Å². The molecule has 6 nitrogen and oxygen atoms in total. The van der Waals surface area contributed by atoms with E-state index in [1.165, 1.54) is 6.07 Å². The van der Waals surface area contributed by atoms with Crippen LogP contribution in [0.15, 0.2) is 48.8 Å². The maximum absolute atomic E-state index is 13.0. The summed E-state index contributed by atoms with van der Waals surface area (Å²) < 4.78 is 38.3. The van der Waals surface area contributed by atoms with E-state index in [9.17, 15) is 18.0 Å². The average molecular weight is 427 g/mol. The summed E-state index contributed by atoms with van der Waals surface area (Å²) in [5.41, 5.74) is 0.823. The molecular weight excluding hydrogens is 407 g/mol. The van der Waals surface area contributed by atoms with Gasteiger partial charge in [0, 0.05) is 25.8 Å². The Kier molecular flexibility index (Phi) is 4.75. The van der Waals surface area contributed by atoms with E-state index in [0.717, 1.165) is 48.5 Å². The predicted molar refractivity (Wildman–Crippen MR) is 109 cm³/mol. The molecule has 2 aromatic heterocycles. The van der Waals surface area contributed by atoms with Crippen molar-refractivity contribution >= 4 is 22.8 Å². The molecule has 31 heavy (non-hydrogen) atoms. The molecule has 2 aliphatic rings. The van der Waals surface area contributed by atoms with Crippen LogP contribution in [0.2, 0.25) is 0 Å². The number of para-hydroxylation sites is 2. The SMILES string of the molecule is O=C(c1ccc(C(F)(F)F)nc1)N1CCC2CCN(c3cnc4ccccc4n3)CC21. The number of alkyl halides is 3. The van der Waals surface area contributed by atoms with E-state index >= 15 is 0 Å². The number of nitrogens with zero attached hydrogens (tertiary/aromatic N) is 5. The van der Waals surface area contributed by atoms with Crippen LogP contribution in [0.25, 0.3) is 11.0 Å². The molecule has 2 fully saturated rings. The van der Waals surface area contributed by atoms with E-state index in [2.05, 4.69) is 14.9 Å². The number of hydrogen-bond acceptors (Lipinski definition) is 5. The van der Waals surface area contributed by atoms with Gasteiger partial charge in [0.2, 0.25) is 0 Å². The zero-order chi connectivity index (χ0) is 21.6. The molecule has 0 aliphatic carbocycles. The van der Waals surface area contributed by atoms with E-state index in [1.54, 1.807) is 11.1 Å². The number of halogens is 3. The third-order valence-electron chi connectivity index (χ3n) is 6.18. The predicted octanol–water partition coefficient (Wildman–Crippen LogP) is 3.78. The van der Waals surface area contributed by atoms with Crippen molar-refractivity contribution in [2.24, 2.45) is 5.92 Å². The van der Waals surface area contributed by atoms with Gasteiger partial charge in [0.15, 0.2) is 0 Å². The van der Waals surface area contributed by atoms with E-state index in [1.807, 2.05) is 24.3 Å². The number of amides is 1. The summed E-state index contributed by atoms with van der Waals surface area (Å²) in [5.74, 6) is 0.865. The molecule has 2 aliphatic heterocycles. The lowest BCUT2D eigenvalue weighted by Crippen LogP contribution is -2.50. The number of carbonyl (C=O) groups excluding carboxylic acids is 1. The van der Waals surface area contributed by atoms with Crippen molar-refractivity contribution in [3.8, 4) is 0 Å². The molecule has 0 spiro atoms. The Bertz CT molecular complexity index is 1120. The minimum Gasteiger partial charge on any atom is -0.353 e. The first-order valence-corrected chi connectivity index (χ1v) is 10.2. The number of anilines is 1. The van der Waals surface area contributed by atoms with Crippen LogP contribution in [0, 0.1) is 5.92 Å². The van der Waals surface area contributed by atoms with Crippen LogP contribution in [-0.4, -0.2) is 51.4 Å². The zero-order valence-corrected chi connectivity index (χ0v) is 16.6. The minimum absolute atomic E-state index is 0.0168. The number of hydrogen-bond donors (Lipinski definition) is 0. The van der Waals surface area contributed by atoms with Gasteiger partial charge < -0.3 is 9.80 Å². The molecule has 2 saturated heterocycles. The van der Waals surface area contributed by atoms with E-state index in [0.29, 0.717) is 19.0 Å². The van der Waals surface area contributed by atoms with Crippen molar-refractivity contribution < 1.29 is 18.0 Å². The van der Waals surface area contributed by atoms with Crippen molar-refractivity contribution in [2.45, 2.75) is 25.1 Å². The van der Waals surface area contributed by atoms with Gasteiger partial charge >= 0.3 is 6.18 Å². The van der Waals surface area contributed by atoms with Gasteiger partial charge in [0.05, 0.1) is 28.8 Å². The molecule has 5 rings (SSSR count). The highest BCUT2D eigenvalue weighted by atomic mass is 19.4. The van der Waals surface area contributed by atoms with Gasteiger partial charge in [-0.05, 0) is 43.0 Å². The van der Waals surface area contributed by atoms with Crippen molar-refractivity contribution in [1.29, 1.82) is 0 Å². The number of likely N-dealkylation sites (tertiary alicyclic amines) is 1. The molecule has 4 heterocycles. The van der Waals surface area contributed by atoms with Crippen molar-refractivity contribution in [1.82, 2.24) is 19.9 Å². The van der Waals surface area contributed by atoms with Gasteiger partial charge in [-0.25, -0.2) is 4.98 Å². The number of carbonyl (C=O) groups is 1. The lowest BCUT2D eigenvalue weighted by Gasteiger charge is -2.39. The number of aromatic nitrogens is 3. The Morgan fingerprint density at radius 2 is 1.74 bits per heavy atom. The molecular formula is C22H20F3N5O. The van der Waals surface area contributed by atoms with Crippen LogP contribution >= 0.6 is 0 Å². The number of rotatable bonds is 2. The summed E-state index contributed by atoms with van der Waals surface area (Å²) in [5, 5.41) is 0. The van der Waals surface area contributed by atoms with Gasteiger partial charge in [-0.15, -0.1) is 0 Å². The normalized spacial score (nSPS) is 21.4. The van der Waals surface area contributed by atoms with Crippen LogP contribution in [-0.2, 0) is 6.18 Å². The molecule has 2 unspecified atom stereocenters. The molecule has 0 radical (unpaired) electrons. The Morgan fingerprint density at radius 3 is 2.48 bits per heavy atom. The largest absolute Gasteiger partial charge is 0.433 e. The average Bonchev–Trinajstić information content (AvgIpc) is 3.21. The fourth-order valence-corrected chi connectivity index (χ4v) is 4.55. The second kappa shape index (κ2) is 7.47. The summed E-state index contributed by atoms with van der Waals surface area (Å²) in [6.45, 7) is 2.04. The first-order chi connectivity index (χ1) is 14.9. The van der Waals surface area contributed by atoms with Gasteiger partial charge in [-0.3, -0.25) is 14.8 Å². The Balaban J connectivity index is 1.35. The molecule has 1 aromatic carbocycles. The first-order valence-electron chi connectivity index (χ1n) is 10.2. The molecule has 0 N–H and O–H groups in total. The quantitative estimate of drug-likeness (QED) is 0.623. The molecule has 9 heteroatoms. The fraction of sp³-hybridized carbons (Fsp3) is 0.364. The Morgan fingerprint density at radius 1 is 0.968 bits per heavy atom. The standard InChI is InChI=1S/C22H20F3N5O/c23-22(24,25)19-6-5-15(11-27-19)21(31)30-10-8-14-7-9-29(13-18(14)30)20-12-26-16-3-1-2-4-17(16)28-20/h1-6,11-12,14,18H,7-10,13H2. The first kappa shape index (κ1) is 19.7. The highest BCUT2D eigenvalue weighted by molar-refractivity contribution is 5.94. The summed E-state index contributed by atoms with van der Waals surface area (Å²) in [7, 11) is 0. The molecule has 3 aromatic rings. The van der Waals surface area contributed by atoms with Crippen LogP contribution in [0.4, 0.5) is 19.0 Å². The molecule has 1 amide bonds. The highest BCUT2D eigenvalue weighted by Crippen LogP contribution is 2.34. The van der Waals surface area contributed by atoms with E-state index in [4.69, 9.17) is 4.98 Å². The van der Waals surface area contributed by atoms with Gasteiger partial charge in [-0.2, -0.15) is 13.2 Å².